The molecule has 1 N–H and O–H groups in total. The Morgan fingerprint density at radius 1 is 1.42 bits per heavy atom. The van der Waals surface area contributed by atoms with Gasteiger partial charge in [0.05, 0.1) is 15.5 Å². The van der Waals surface area contributed by atoms with Crippen molar-refractivity contribution in [3.8, 4) is 0 Å². The van der Waals surface area contributed by atoms with Gasteiger partial charge in [0, 0.05) is 39.4 Å². The first-order valence-corrected chi connectivity index (χ1v) is 7.36. The lowest BCUT2D eigenvalue weighted by Crippen LogP contribution is -2.48. The van der Waals surface area contributed by atoms with Crippen molar-refractivity contribution in [1.29, 1.82) is 0 Å². The lowest BCUT2D eigenvalue weighted by atomic mass is 10.2. The van der Waals surface area contributed by atoms with Crippen molar-refractivity contribution < 1.29 is 18.1 Å². The largest absolute Gasteiger partial charge is 0.417 e. The third-order valence-corrected chi connectivity index (χ3v) is 3.83. The first-order chi connectivity index (χ1) is 11.2. The van der Waals surface area contributed by atoms with E-state index in [0.717, 1.165) is 18.5 Å². The Labute approximate surface area is 140 Å². The number of nitro groups is 1. The molecule has 0 radical (unpaired) electrons. The number of nitrogens with zero attached hydrogens (tertiary/aromatic N) is 4. The van der Waals surface area contributed by atoms with Crippen LogP contribution in [0.4, 0.5) is 19.0 Å². The van der Waals surface area contributed by atoms with Crippen LogP contribution in [-0.2, 0) is 6.18 Å². The summed E-state index contributed by atoms with van der Waals surface area (Å²) in [7, 11) is 1.58. The van der Waals surface area contributed by atoms with E-state index in [2.05, 4.69) is 10.3 Å². The Kier molecular flexibility index (Phi) is 5.37. The van der Waals surface area contributed by atoms with Crippen molar-refractivity contribution in [1.82, 2.24) is 15.2 Å². The van der Waals surface area contributed by atoms with Crippen LogP contribution in [0, 0.1) is 10.1 Å². The molecule has 1 fully saturated rings. The molecule has 132 valence electrons. The summed E-state index contributed by atoms with van der Waals surface area (Å²) in [5.74, 6) is 0.639. The summed E-state index contributed by atoms with van der Waals surface area (Å²) in [6, 6.07) is 0.849. The van der Waals surface area contributed by atoms with Crippen LogP contribution in [-0.4, -0.2) is 48.0 Å². The van der Waals surface area contributed by atoms with Crippen LogP contribution in [0.25, 0.3) is 0 Å². The molecule has 11 heteroatoms. The monoisotopic (exact) mass is 365 g/mol. The highest BCUT2D eigenvalue weighted by Gasteiger charge is 2.32. The first kappa shape index (κ1) is 18.1. The van der Waals surface area contributed by atoms with Crippen LogP contribution >= 0.6 is 11.6 Å². The van der Waals surface area contributed by atoms with Crippen LogP contribution in [0.5, 0.6) is 0 Å². The maximum Gasteiger partial charge on any atom is 0.417 e. The molecule has 0 bridgehead atoms. The number of hydrogen-bond acceptors (Lipinski definition) is 6. The van der Waals surface area contributed by atoms with Crippen molar-refractivity contribution in [3.63, 3.8) is 0 Å². The lowest BCUT2D eigenvalue weighted by Gasteiger charge is -2.37. The number of aromatic nitrogens is 1. The quantitative estimate of drug-likeness (QED) is 0.651. The average molecular weight is 366 g/mol. The highest BCUT2D eigenvalue weighted by Crippen LogP contribution is 2.33. The molecule has 24 heavy (non-hydrogen) atoms. The molecule has 7 nitrogen and oxygen atoms in total. The smallest absolute Gasteiger partial charge is 0.370 e. The highest BCUT2D eigenvalue weighted by atomic mass is 35.5. The summed E-state index contributed by atoms with van der Waals surface area (Å²) in [6.45, 7) is 1.74. The topological polar surface area (TPSA) is 74.5 Å². The van der Waals surface area contributed by atoms with Crippen molar-refractivity contribution in [2.75, 3.05) is 38.1 Å². The second-order valence-electron chi connectivity index (χ2n) is 5.05. The lowest BCUT2D eigenvalue weighted by molar-refractivity contribution is -0.404. The van der Waals surface area contributed by atoms with Gasteiger partial charge in [-0.2, -0.15) is 13.2 Å². The molecule has 1 aromatic heterocycles. The summed E-state index contributed by atoms with van der Waals surface area (Å²) in [5.41, 5.74) is -0.902. The van der Waals surface area contributed by atoms with E-state index >= 15 is 0 Å². The molecule has 1 aliphatic rings. The van der Waals surface area contributed by atoms with Crippen LogP contribution in [0.3, 0.4) is 0 Å². The van der Waals surface area contributed by atoms with Crippen molar-refractivity contribution in [3.05, 3.63) is 45.0 Å². The van der Waals surface area contributed by atoms with E-state index in [1.807, 2.05) is 0 Å². The Balaban J connectivity index is 2.09. The van der Waals surface area contributed by atoms with Gasteiger partial charge in [-0.15, -0.1) is 0 Å². The number of piperazine rings is 1. The zero-order valence-corrected chi connectivity index (χ0v) is 13.4. The first-order valence-electron chi connectivity index (χ1n) is 6.98. The summed E-state index contributed by atoms with van der Waals surface area (Å²) in [6.07, 6.45) is -2.87. The minimum absolute atomic E-state index is 0.0760. The SMILES string of the molecule is CN/C(=C\[N+](=O)[O-])N1CCN(c2ncc(C(F)(F)F)cc2Cl)CC1. The van der Waals surface area contributed by atoms with Gasteiger partial charge in [0.15, 0.2) is 5.82 Å². The molecule has 2 heterocycles. The van der Waals surface area contributed by atoms with E-state index in [0.29, 0.717) is 32.0 Å². The molecule has 0 atom stereocenters. The van der Waals surface area contributed by atoms with Gasteiger partial charge in [-0.05, 0) is 6.07 Å². The molecule has 0 aliphatic carbocycles. The maximum atomic E-state index is 12.6. The minimum Gasteiger partial charge on any atom is -0.370 e. The Morgan fingerprint density at radius 3 is 2.50 bits per heavy atom. The van der Waals surface area contributed by atoms with E-state index in [-0.39, 0.29) is 10.8 Å². The Bertz CT molecular complexity index is 645. The molecule has 0 spiro atoms. The summed E-state index contributed by atoms with van der Waals surface area (Å²) in [4.78, 5) is 17.4. The minimum atomic E-state index is -4.50. The average Bonchev–Trinajstić information content (AvgIpc) is 2.52. The number of anilines is 1. The van der Waals surface area contributed by atoms with Crippen molar-refractivity contribution >= 4 is 17.4 Å². The zero-order chi connectivity index (χ0) is 17.9. The van der Waals surface area contributed by atoms with Crippen molar-refractivity contribution in [2.24, 2.45) is 0 Å². The van der Waals surface area contributed by atoms with Gasteiger partial charge in [0.2, 0.25) is 0 Å². The Hall–Kier alpha value is -2.23. The van der Waals surface area contributed by atoms with E-state index in [9.17, 15) is 23.3 Å². The summed E-state index contributed by atoms with van der Waals surface area (Å²) < 4.78 is 37.9. The van der Waals surface area contributed by atoms with Gasteiger partial charge in [0.25, 0.3) is 6.20 Å². The van der Waals surface area contributed by atoms with Crippen LogP contribution in [0.15, 0.2) is 24.3 Å². The van der Waals surface area contributed by atoms with E-state index in [1.54, 1.807) is 16.8 Å². The third kappa shape index (κ3) is 4.19. The molecular weight excluding hydrogens is 351 g/mol. The second-order valence-corrected chi connectivity index (χ2v) is 5.46. The second kappa shape index (κ2) is 7.12. The number of halogens is 4. The van der Waals surface area contributed by atoms with Gasteiger partial charge in [-0.25, -0.2) is 4.98 Å². The molecule has 2 rings (SSSR count). The highest BCUT2D eigenvalue weighted by molar-refractivity contribution is 6.33. The normalized spacial score (nSPS) is 16.3. The van der Waals surface area contributed by atoms with Crippen molar-refractivity contribution in [2.45, 2.75) is 6.18 Å². The van der Waals surface area contributed by atoms with Crippen LogP contribution in [0.2, 0.25) is 5.02 Å². The number of alkyl halides is 3. The molecule has 0 amide bonds. The summed E-state index contributed by atoms with van der Waals surface area (Å²) >= 11 is 5.93. The number of rotatable bonds is 4. The fourth-order valence-electron chi connectivity index (χ4n) is 2.38. The fourth-order valence-corrected chi connectivity index (χ4v) is 2.67. The number of nitrogens with one attached hydrogen (secondary N) is 1. The van der Waals surface area contributed by atoms with Crippen LogP contribution in [0.1, 0.15) is 5.56 Å². The molecule has 0 unspecified atom stereocenters. The summed E-state index contributed by atoms with van der Waals surface area (Å²) in [5, 5.41) is 13.3. The van der Waals surface area contributed by atoms with Gasteiger partial charge in [-0.1, -0.05) is 11.6 Å². The van der Waals surface area contributed by atoms with Gasteiger partial charge < -0.3 is 15.1 Å². The Morgan fingerprint density at radius 2 is 2.04 bits per heavy atom. The fraction of sp³-hybridized carbons (Fsp3) is 0.462. The van der Waals surface area contributed by atoms with Gasteiger partial charge in [-0.3, -0.25) is 10.1 Å². The molecule has 1 saturated heterocycles. The zero-order valence-electron chi connectivity index (χ0n) is 12.7. The third-order valence-electron chi connectivity index (χ3n) is 3.55. The molecular formula is C13H15ClF3N5O2. The number of hydrogen-bond donors (Lipinski definition) is 1. The predicted octanol–water partition coefficient (Wildman–Crippen LogP) is 2.17. The maximum absolute atomic E-state index is 12.6. The van der Waals surface area contributed by atoms with E-state index in [4.69, 9.17) is 11.6 Å². The standard InChI is InChI=1S/C13H15ClF3N5O2/c1-18-11(8-22(23)24)20-2-4-21(5-3-20)12-10(14)6-9(7-19-12)13(15,16)17/h6-8,18H,2-5H2,1H3/b11-8+. The molecule has 1 aromatic rings. The van der Waals surface area contributed by atoms with Gasteiger partial charge in [0.1, 0.15) is 5.82 Å². The molecule has 1 aliphatic heterocycles. The number of pyridine rings is 1. The van der Waals surface area contributed by atoms with Crippen LogP contribution < -0.4 is 10.2 Å². The van der Waals surface area contributed by atoms with Gasteiger partial charge >= 0.3 is 6.18 Å². The predicted molar refractivity (Wildman–Crippen MR) is 82.2 cm³/mol. The molecule has 0 saturated carbocycles. The van der Waals surface area contributed by atoms with E-state index < -0.39 is 16.7 Å². The molecule has 0 aromatic carbocycles. The van der Waals surface area contributed by atoms with E-state index in [1.165, 1.54) is 0 Å².